The number of aliphatic carboxylic acids is 1. The molecule has 0 bridgehead atoms. The first-order valence-corrected chi connectivity index (χ1v) is 7.83. The van der Waals surface area contributed by atoms with Crippen LogP contribution in [0.25, 0.3) is 0 Å². The van der Waals surface area contributed by atoms with Gasteiger partial charge in [0.05, 0.1) is 24.1 Å². The third-order valence-corrected chi connectivity index (χ3v) is 5.10. The number of rotatable bonds is 5. The van der Waals surface area contributed by atoms with Gasteiger partial charge < -0.3 is 9.84 Å². The fourth-order valence-corrected chi connectivity index (χ4v) is 3.81. The summed E-state index contributed by atoms with van der Waals surface area (Å²) in [5, 5.41) is 19.7. The topological polar surface area (TPSA) is 127 Å². The third kappa shape index (κ3) is 3.40. The molecule has 0 aromatic heterocycles. The zero-order valence-corrected chi connectivity index (χ0v) is 12.2. The number of para-hydroxylation sites is 1. The molecule has 9 nitrogen and oxygen atoms in total. The Morgan fingerprint density at radius 2 is 2.14 bits per heavy atom. The number of hydrogen-bond acceptors (Lipinski definition) is 6. The lowest BCUT2D eigenvalue weighted by atomic mass is 10.2. The number of sulfonamides is 1. The molecule has 22 heavy (non-hydrogen) atoms. The maximum Gasteiger partial charge on any atom is 0.306 e. The van der Waals surface area contributed by atoms with Crippen molar-refractivity contribution in [1.29, 1.82) is 0 Å². The lowest BCUT2D eigenvalue weighted by Gasteiger charge is -2.31. The number of nitro benzene ring substituents is 1. The van der Waals surface area contributed by atoms with Crippen LogP contribution in [0, 0.1) is 10.1 Å². The molecular formula is C12H14N2O7S. The van der Waals surface area contributed by atoms with Crippen molar-refractivity contribution in [3.63, 3.8) is 0 Å². The number of carboxylic acids is 1. The number of nitrogens with zero attached hydrogens (tertiary/aromatic N) is 2. The number of carboxylic acid groups (broad SMARTS) is 1. The van der Waals surface area contributed by atoms with E-state index in [1.54, 1.807) is 0 Å². The Labute approximate surface area is 126 Å². The first-order chi connectivity index (χ1) is 10.3. The molecule has 0 radical (unpaired) electrons. The van der Waals surface area contributed by atoms with Crippen molar-refractivity contribution >= 4 is 21.7 Å². The summed E-state index contributed by atoms with van der Waals surface area (Å²) in [4.78, 5) is 20.5. The largest absolute Gasteiger partial charge is 0.481 e. The predicted molar refractivity (Wildman–Crippen MR) is 73.8 cm³/mol. The van der Waals surface area contributed by atoms with Gasteiger partial charge in [-0.05, 0) is 6.07 Å². The van der Waals surface area contributed by atoms with E-state index in [0.29, 0.717) is 0 Å². The van der Waals surface area contributed by atoms with Crippen molar-refractivity contribution in [3.05, 3.63) is 34.4 Å². The van der Waals surface area contributed by atoms with Gasteiger partial charge in [-0.3, -0.25) is 14.9 Å². The number of nitro groups is 1. The van der Waals surface area contributed by atoms with E-state index in [1.165, 1.54) is 12.1 Å². The normalized spacial score (nSPS) is 19.7. The minimum atomic E-state index is -4.09. The van der Waals surface area contributed by atoms with Crippen molar-refractivity contribution in [2.75, 3.05) is 19.7 Å². The summed E-state index contributed by atoms with van der Waals surface area (Å²) in [7, 11) is -4.09. The van der Waals surface area contributed by atoms with Crippen molar-refractivity contribution in [1.82, 2.24) is 4.31 Å². The molecule has 10 heteroatoms. The van der Waals surface area contributed by atoms with Crippen molar-refractivity contribution < 1.29 is 28.0 Å². The maximum absolute atomic E-state index is 12.6. The Bertz CT molecular complexity index is 688. The Balaban J connectivity index is 2.30. The van der Waals surface area contributed by atoms with E-state index in [-0.39, 0.29) is 26.1 Å². The summed E-state index contributed by atoms with van der Waals surface area (Å²) in [6.07, 6.45) is -1.10. The summed E-state index contributed by atoms with van der Waals surface area (Å²) in [6, 6.07) is 5.05. The highest BCUT2D eigenvalue weighted by molar-refractivity contribution is 7.89. The molecule has 1 saturated heterocycles. The molecule has 1 unspecified atom stereocenters. The second-order valence-electron chi connectivity index (χ2n) is 4.68. The smallest absolute Gasteiger partial charge is 0.306 e. The Hall–Kier alpha value is -2.04. The average Bonchev–Trinajstić information content (AvgIpc) is 2.46. The van der Waals surface area contributed by atoms with E-state index in [0.717, 1.165) is 16.4 Å². The van der Waals surface area contributed by atoms with E-state index in [2.05, 4.69) is 0 Å². The summed E-state index contributed by atoms with van der Waals surface area (Å²) in [6.45, 7) is -0.0943. The second-order valence-corrected chi connectivity index (χ2v) is 6.58. The van der Waals surface area contributed by atoms with Gasteiger partial charge in [0.1, 0.15) is 0 Å². The number of carbonyl (C=O) groups is 1. The molecule has 1 atom stereocenters. The lowest BCUT2D eigenvalue weighted by molar-refractivity contribution is -0.387. The standard InChI is InChI=1S/C12H14N2O7S/c15-12(16)7-9-8-13(5-6-21-9)22(19,20)11-4-2-1-3-10(11)14(17)18/h1-4,9H,5-8H2,(H,15,16). The molecular weight excluding hydrogens is 316 g/mol. The van der Waals surface area contributed by atoms with Gasteiger partial charge in [0, 0.05) is 19.2 Å². The first kappa shape index (κ1) is 16.3. The van der Waals surface area contributed by atoms with E-state index >= 15 is 0 Å². The van der Waals surface area contributed by atoms with Crippen LogP contribution in [-0.2, 0) is 19.6 Å². The van der Waals surface area contributed by atoms with Gasteiger partial charge in [-0.1, -0.05) is 12.1 Å². The summed E-state index contributed by atoms with van der Waals surface area (Å²) >= 11 is 0. The first-order valence-electron chi connectivity index (χ1n) is 6.39. The summed E-state index contributed by atoms with van der Waals surface area (Å²) < 4.78 is 31.4. The number of ether oxygens (including phenoxy) is 1. The molecule has 1 aromatic rings. The molecule has 0 amide bonds. The monoisotopic (exact) mass is 330 g/mol. The highest BCUT2D eigenvalue weighted by Gasteiger charge is 2.35. The van der Waals surface area contributed by atoms with Crippen LogP contribution in [0.3, 0.4) is 0 Å². The Morgan fingerprint density at radius 3 is 2.77 bits per heavy atom. The van der Waals surface area contributed by atoms with Gasteiger partial charge >= 0.3 is 5.97 Å². The van der Waals surface area contributed by atoms with Crippen LogP contribution < -0.4 is 0 Å². The molecule has 2 rings (SSSR count). The fraction of sp³-hybridized carbons (Fsp3) is 0.417. The zero-order chi connectivity index (χ0) is 16.3. The van der Waals surface area contributed by atoms with Crippen LogP contribution in [0.1, 0.15) is 6.42 Å². The molecule has 120 valence electrons. The Kier molecular flexibility index (Phi) is 4.74. The van der Waals surface area contributed by atoms with Gasteiger partial charge in [0.2, 0.25) is 10.0 Å². The van der Waals surface area contributed by atoms with Crippen molar-refractivity contribution in [2.24, 2.45) is 0 Å². The SMILES string of the molecule is O=C(O)CC1CN(S(=O)(=O)c2ccccc2[N+](=O)[O-])CCO1. The zero-order valence-electron chi connectivity index (χ0n) is 11.4. The minimum absolute atomic E-state index is 0.0184. The molecule has 1 aromatic carbocycles. The highest BCUT2D eigenvalue weighted by Crippen LogP contribution is 2.27. The van der Waals surface area contributed by atoms with Crippen LogP contribution in [0.4, 0.5) is 5.69 Å². The van der Waals surface area contributed by atoms with E-state index < -0.39 is 37.6 Å². The quantitative estimate of drug-likeness (QED) is 0.613. The second kappa shape index (κ2) is 6.38. The molecule has 0 saturated carbocycles. The maximum atomic E-state index is 12.6. The van der Waals surface area contributed by atoms with E-state index in [9.17, 15) is 23.3 Å². The number of benzene rings is 1. The van der Waals surface area contributed by atoms with E-state index in [4.69, 9.17) is 9.84 Å². The number of hydrogen-bond donors (Lipinski definition) is 1. The molecule has 0 spiro atoms. The summed E-state index contributed by atoms with van der Waals surface area (Å²) in [5.74, 6) is -1.10. The molecule has 1 aliphatic rings. The molecule has 1 heterocycles. The molecule has 1 fully saturated rings. The van der Waals surface area contributed by atoms with Crippen LogP contribution in [0.2, 0.25) is 0 Å². The molecule has 1 N–H and O–H groups in total. The van der Waals surface area contributed by atoms with Gasteiger partial charge in [0.15, 0.2) is 4.90 Å². The lowest BCUT2D eigenvalue weighted by Crippen LogP contribution is -2.46. The van der Waals surface area contributed by atoms with Gasteiger partial charge in [-0.2, -0.15) is 4.31 Å². The Morgan fingerprint density at radius 1 is 1.45 bits per heavy atom. The van der Waals surface area contributed by atoms with Crippen molar-refractivity contribution in [3.8, 4) is 0 Å². The third-order valence-electron chi connectivity index (χ3n) is 3.18. The van der Waals surface area contributed by atoms with Crippen molar-refractivity contribution in [2.45, 2.75) is 17.4 Å². The van der Waals surface area contributed by atoms with Gasteiger partial charge in [-0.15, -0.1) is 0 Å². The van der Waals surface area contributed by atoms with Crippen LogP contribution in [0.5, 0.6) is 0 Å². The molecule has 0 aliphatic carbocycles. The summed E-state index contributed by atoms with van der Waals surface area (Å²) in [5.41, 5.74) is -0.510. The van der Waals surface area contributed by atoms with Crippen LogP contribution in [0.15, 0.2) is 29.2 Å². The van der Waals surface area contributed by atoms with Crippen LogP contribution >= 0.6 is 0 Å². The van der Waals surface area contributed by atoms with Gasteiger partial charge in [0.25, 0.3) is 5.69 Å². The molecule has 1 aliphatic heterocycles. The fourth-order valence-electron chi connectivity index (χ4n) is 2.19. The highest BCUT2D eigenvalue weighted by atomic mass is 32.2. The number of morpholine rings is 1. The van der Waals surface area contributed by atoms with Crippen LogP contribution in [-0.4, -0.2) is 54.5 Å². The van der Waals surface area contributed by atoms with Gasteiger partial charge in [-0.25, -0.2) is 8.42 Å². The minimum Gasteiger partial charge on any atom is -0.481 e. The van der Waals surface area contributed by atoms with E-state index in [1.807, 2.05) is 0 Å². The predicted octanol–water partition coefficient (Wildman–Crippen LogP) is 0.459. The average molecular weight is 330 g/mol.